The fourth-order valence-corrected chi connectivity index (χ4v) is 3.82. The molecule has 0 aliphatic heterocycles. The Bertz CT molecular complexity index is 1460. The van der Waals surface area contributed by atoms with Crippen LogP contribution in [-0.4, -0.2) is 16.0 Å². The van der Waals surface area contributed by atoms with Gasteiger partial charge in [0.2, 0.25) is 11.8 Å². The van der Waals surface area contributed by atoms with Crippen LogP contribution in [0.5, 0.6) is 5.75 Å². The van der Waals surface area contributed by atoms with Gasteiger partial charge in [0.25, 0.3) is 5.91 Å². The Morgan fingerprint density at radius 2 is 1.38 bits per heavy atom. The predicted octanol–water partition coefficient (Wildman–Crippen LogP) is 7.29. The summed E-state index contributed by atoms with van der Waals surface area (Å²) in [6, 6.07) is 30.6. The lowest BCUT2D eigenvalue weighted by Gasteiger charge is -2.08. The first-order valence-corrected chi connectivity index (χ1v) is 11.0. The van der Waals surface area contributed by atoms with E-state index in [0.717, 1.165) is 11.1 Å². The number of nitrogens with one attached hydrogen (secondary N) is 1. The molecule has 0 radical (unpaired) electrons. The molecule has 6 heteroatoms. The molecule has 5 aromatic rings. The van der Waals surface area contributed by atoms with Crippen molar-refractivity contribution in [1.29, 1.82) is 0 Å². The van der Waals surface area contributed by atoms with Crippen LogP contribution >= 0.6 is 11.6 Å². The van der Waals surface area contributed by atoms with Gasteiger partial charge in [-0.1, -0.05) is 78.3 Å². The van der Waals surface area contributed by atoms with E-state index in [9.17, 15) is 9.90 Å². The van der Waals surface area contributed by atoms with Crippen molar-refractivity contribution < 1.29 is 14.3 Å². The summed E-state index contributed by atoms with van der Waals surface area (Å²) in [6.45, 7) is 0. The molecule has 1 heterocycles. The van der Waals surface area contributed by atoms with Gasteiger partial charge in [-0.25, -0.2) is 4.98 Å². The van der Waals surface area contributed by atoms with Crippen molar-refractivity contribution >= 4 is 23.4 Å². The quantitative estimate of drug-likeness (QED) is 0.285. The molecule has 0 atom stereocenters. The zero-order chi connectivity index (χ0) is 23.5. The predicted molar refractivity (Wildman–Crippen MR) is 134 cm³/mol. The lowest BCUT2D eigenvalue weighted by Crippen LogP contribution is -2.11. The summed E-state index contributed by atoms with van der Waals surface area (Å²) >= 11 is 6.07. The van der Waals surface area contributed by atoms with Crippen LogP contribution in [0.25, 0.3) is 33.8 Å². The standard InChI is InChI=1S/C28H19ClN2O3/c29-20-16-14-18(15-17-20)25-28(31-26(33)19-8-2-1-3-9-19)34-27(30-25)23-12-5-4-10-21(23)22-11-6-7-13-24(22)32/h1-17,32H,(H,31,33). The minimum Gasteiger partial charge on any atom is -0.507 e. The molecule has 5 rings (SSSR count). The van der Waals surface area contributed by atoms with Gasteiger partial charge in [0.05, 0.1) is 0 Å². The van der Waals surface area contributed by atoms with Crippen LogP contribution in [0.4, 0.5) is 5.88 Å². The Morgan fingerprint density at radius 3 is 2.09 bits per heavy atom. The molecule has 0 saturated carbocycles. The monoisotopic (exact) mass is 466 g/mol. The highest BCUT2D eigenvalue weighted by molar-refractivity contribution is 6.30. The number of phenolic OH excluding ortho intramolecular Hbond substituents is 1. The number of phenols is 1. The van der Waals surface area contributed by atoms with Gasteiger partial charge in [-0.2, -0.15) is 0 Å². The van der Waals surface area contributed by atoms with E-state index in [2.05, 4.69) is 5.32 Å². The molecule has 2 N–H and O–H groups in total. The van der Waals surface area contributed by atoms with E-state index in [0.29, 0.717) is 33.3 Å². The molecule has 0 aliphatic rings. The number of carbonyl (C=O) groups is 1. The first kappa shape index (κ1) is 21.5. The van der Waals surface area contributed by atoms with E-state index in [1.165, 1.54) is 0 Å². The summed E-state index contributed by atoms with van der Waals surface area (Å²) in [5, 5.41) is 13.9. The van der Waals surface area contributed by atoms with Crippen molar-refractivity contribution in [2.24, 2.45) is 0 Å². The number of hydrogen-bond donors (Lipinski definition) is 2. The maximum absolute atomic E-state index is 12.9. The summed E-state index contributed by atoms with van der Waals surface area (Å²) < 4.78 is 6.12. The SMILES string of the molecule is O=C(Nc1oc(-c2ccccc2-c2ccccc2O)nc1-c1ccc(Cl)cc1)c1ccccc1. The van der Waals surface area contributed by atoms with E-state index in [1.807, 2.05) is 54.6 Å². The van der Waals surface area contributed by atoms with Crippen molar-refractivity contribution in [2.45, 2.75) is 0 Å². The first-order chi connectivity index (χ1) is 16.6. The number of carbonyl (C=O) groups excluding carboxylic acids is 1. The molecule has 0 unspecified atom stereocenters. The van der Waals surface area contributed by atoms with Gasteiger partial charge in [-0.15, -0.1) is 0 Å². The van der Waals surface area contributed by atoms with Crippen molar-refractivity contribution in [3.63, 3.8) is 0 Å². The number of aromatic nitrogens is 1. The molecule has 4 aromatic carbocycles. The first-order valence-electron chi connectivity index (χ1n) is 10.6. The minimum absolute atomic E-state index is 0.150. The highest BCUT2D eigenvalue weighted by Crippen LogP contribution is 2.39. The molecule has 5 nitrogen and oxygen atoms in total. The molecule has 1 aromatic heterocycles. The second-order valence-electron chi connectivity index (χ2n) is 7.59. The second-order valence-corrected chi connectivity index (χ2v) is 8.02. The summed E-state index contributed by atoms with van der Waals surface area (Å²) in [7, 11) is 0. The zero-order valence-corrected chi connectivity index (χ0v) is 18.7. The lowest BCUT2D eigenvalue weighted by atomic mass is 9.99. The normalized spacial score (nSPS) is 10.7. The van der Waals surface area contributed by atoms with Crippen LogP contribution in [0.15, 0.2) is 108 Å². The third kappa shape index (κ3) is 4.29. The van der Waals surface area contributed by atoms with Crippen LogP contribution in [0.2, 0.25) is 5.02 Å². The summed E-state index contributed by atoms with van der Waals surface area (Å²) in [5.41, 5.74) is 3.80. The highest BCUT2D eigenvalue weighted by Gasteiger charge is 2.21. The topological polar surface area (TPSA) is 75.4 Å². The Hall–Kier alpha value is -4.35. The van der Waals surface area contributed by atoms with E-state index in [1.54, 1.807) is 48.5 Å². The number of anilines is 1. The molecule has 0 aliphatic carbocycles. The summed E-state index contributed by atoms with van der Waals surface area (Å²) in [5.74, 6) is 0.370. The molecule has 166 valence electrons. The number of para-hydroxylation sites is 1. The maximum Gasteiger partial charge on any atom is 0.258 e. The van der Waals surface area contributed by atoms with Crippen LogP contribution in [0.3, 0.4) is 0 Å². The van der Waals surface area contributed by atoms with Gasteiger partial charge >= 0.3 is 0 Å². The summed E-state index contributed by atoms with van der Waals surface area (Å²) in [6.07, 6.45) is 0. The average Bonchev–Trinajstić information content (AvgIpc) is 3.29. The van der Waals surface area contributed by atoms with Crippen molar-refractivity contribution in [3.05, 3.63) is 114 Å². The Kier molecular flexibility index (Phi) is 5.85. The third-order valence-corrected chi connectivity index (χ3v) is 5.61. The molecule has 0 saturated heterocycles. The number of oxazole rings is 1. The van der Waals surface area contributed by atoms with Gasteiger partial charge < -0.3 is 9.52 Å². The van der Waals surface area contributed by atoms with Gasteiger partial charge in [0, 0.05) is 27.3 Å². The van der Waals surface area contributed by atoms with Crippen molar-refractivity contribution in [3.8, 4) is 39.6 Å². The number of benzene rings is 4. The second kappa shape index (κ2) is 9.25. The highest BCUT2D eigenvalue weighted by atomic mass is 35.5. The van der Waals surface area contributed by atoms with Gasteiger partial charge in [0.1, 0.15) is 11.4 Å². The van der Waals surface area contributed by atoms with E-state index in [4.69, 9.17) is 21.0 Å². The van der Waals surface area contributed by atoms with Crippen LogP contribution in [0.1, 0.15) is 10.4 Å². The lowest BCUT2D eigenvalue weighted by molar-refractivity contribution is 0.102. The summed E-state index contributed by atoms with van der Waals surface area (Å²) in [4.78, 5) is 17.6. The van der Waals surface area contributed by atoms with E-state index >= 15 is 0 Å². The Morgan fingerprint density at radius 1 is 0.765 bits per heavy atom. The molecule has 0 spiro atoms. The number of nitrogens with zero attached hydrogens (tertiary/aromatic N) is 1. The molecule has 0 bridgehead atoms. The fourth-order valence-electron chi connectivity index (χ4n) is 3.69. The number of rotatable bonds is 5. The van der Waals surface area contributed by atoms with Crippen molar-refractivity contribution in [1.82, 2.24) is 4.98 Å². The van der Waals surface area contributed by atoms with Gasteiger partial charge in [-0.3, -0.25) is 10.1 Å². The smallest absolute Gasteiger partial charge is 0.258 e. The minimum atomic E-state index is -0.312. The Balaban J connectivity index is 1.63. The fraction of sp³-hybridized carbons (Fsp3) is 0. The zero-order valence-electron chi connectivity index (χ0n) is 17.9. The van der Waals surface area contributed by atoms with Crippen LogP contribution in [0, 0.1) is 0 Å². The number of aromatic hydroxyl groups is 1. The van der Waals surface area contributed by atoms with Gasteiger partial charge in [-0.05, 0) is 42.0 Å². The number of amides is 1. The average molecular weight is 467 g/mol. The molecular weight excluding hydrogens is 448 g/mol. The molecule has 34 heavy (non-hydrogen) atoms. The van der Waals surface area contributed by atoms with E-state index in [-0.39, 0.29) is 17.5 Å². The maximum atomic E-state index is 12.9. The van der Waals surface area contributed by atoms with Crippen LogP contribution < -0.4 is 5.32 Å². The third-order valence-electron chi connectivity index (χ3n) is 5.36. The van der Waals surface area contributed by atoms with E-state index < -0.39 is 0 Å². The van der Waals surface area contributed by atoms with Crippen molar-refractivity contribution in [2.75, 3.05) is 5.32 Å². The molecular formula is C28H19ClN2O3. The molecule has 1 amide bonds. The number of hydrogen-bond acceptors (Lipinski definition) is 4. The molecule has 0 fully saturated rings. The Labute approximate surface area is 201 Å². The number of halogens is 1. The van der Waals surface area contributed by atoms with Gasteiger partial charge in [0.15, 0.2) is 0 Å². The largest absolute Gasteiger partial charge is 0.507 e. The van der Waals surface area contributed by atoms with Crippen LogP contribution in [-0.2, 0) is 0 Å².